The molecular formula is C11H9F3N2O. The van der Waals surface area contributed by atoms with E-state index in [9.17, 15) is 18.0 Å². The van der Waals surface area contributed by atoms with Crippen LogP contribution >= 0.6 is 0 Å². The predicted octanol–water partition coefficient (Wildman–Crippen LogP) is 2.93. The molecule has 0 aliphatic carbocycles. The quantitative estimate of drug-likeness (QED) is 0.866. The summed E-state index contributed by atoms with van der Waals surface area (Å²) in [6.45, 7) is 1.53. The van der Waals surface area contributed by atoms with E-state index in [4.69, 9.17) is 5.26 Å². The molecule has 0 fully saturated rings. The van der Waals surface area contributed by atoms with Crippen molar-refractivity contribution in [1.82, 2.24) is 0 Å². The first kappa shape index (κ1) is 13.0. The Morgan fingerprint density at radius 2 is 2.12 bits per heavy atom. The Balaban J connectivity index is 3.22. The highest BCUT2D eigenvalue weighted by Gasteiger charge is 2.34. The number of nitrogens with one attached hydrogen (secondary N) is 1. The highest BCUT2D eigenvalue weighted by atomic mass is 19.4. The van der Waals surface area contributed by atoms with Gasteiger partial charge in [0.15, 0.2) is 0 Å². The minimum absolute atomic E-state index is 0.0807. The summed E-state index contributed by atoms with van der Waals surface area (Å²) in [5, 5.41) is 10.7. The van der Waals surface area contributed by atoms with Gasteiger partial charge in [-0.2, -0.15) is 18.4 Å². The van der Waals surface area contributed by atoms with Crippen molar-refractivity contribution in [1.29, 1.82) is 5.26 Å². The van der Waals surface area contributed by atoms with Gasteiger partial charge in [0.1, 0.15) is 0 Å². The van der Waals surface area contributed by atoms with E-state index >= 15 is 0 Å². The molecule has 1 aromatic carbocycles. The zero-order valence-electron chi connectivity index (χ0n) is 8.93. The van der Waals surface area contributed by atoms with E-state index in [2.05, 4.69) is 5.32 Å². The van der Waals surface area contributed by atoms with Crippen LogP contribution in [0.25, 0.3) is 0 Å². The van der Waals surface area contributed by atoms with Crippen molar-refractivity contribution < 1.29 is 18.0 Å². The number of hydrogen-bond acceptors (Lipinski definition) is 2. The van der Waals surface area contributed by atoms with Crippen molar-refractivity contribution in [3.05, 3.63) is 29.3 Å². The van der Waals surface area contributed by atoms with Gasteiger partial charge in [-0.15, -0.1) is 0 Å². The second-order valence-corrected chi connectivity index (χ2v) is 3.27. The molecule has 17 heavy (non-hydrogen) atoms. The van der Waals surface area contributed by atoms with Gasteiger partial charge < -0.3 is 5.32 Å². The first-order valence-corrected chi connectivity index (χ1v) is 4.79. The summed E-state index contributed by atoms with van der Waals surface area (Å²) in [5.41, 5.74) is -1.45. The average Bonchev–Trinajstić information content (AvgIpc) is 2.28. The maximum absolute atomic E-state index is 12.7. The van der Waals surface area contributed by atoms with Crippen LogP contribution in [-0.2, 0) is 11.0 Å². The molecule has 0 spiro atoms. The molecule has 0 heterocycles. The van der Waals surface area contributed by atoms with Gasteiger partial charge in [0, 0.05) is 6.42 Å². The number of hydrogen-bond donors (Lipinski definition) is 1. The van der Waals surface area contributed by atoms with Crippen LogP contribution in [0.1, 0.15) is 24.5 Å². The lowest BCUT2D eigenvalue weighted by Crippen LogP contribution is -2.15. The highest BCUT2D eigenvalue weighted by Crippen LogP contribution is 2.35. The number of alkyl halides is 3. The van der Waals surface area contributed by atoms with E-state index in [1.54, 1.807) is 6.07 Å². The molecule has 0 unspecified atom stereocenters. The number of nitrogens with zero attached hydrogens (tertiary/aromatic N) is 1. The zero-order chi connectivity index (χ0) is 13.1. The van der Waals surface area contributed by atoms with Gasteiger partial charge in [-0.1, -0.05) is 6.92 Å². The van der Waals surface area contributed by atoms with Crippen molar-refractivity contribution in [2.24, 2.45) is 0 Å². The Morgan fingerprint density at radius 1 is 1.47 bits per heavy atom. The first-order chi connectivity index (χ1) is 7.88. The SMILES string of the molecule is CCC(=O)Nc1ccc(C#N)cc1C(F)(F)F. The maximum atomic E-state index is 12.7. The van der Waals surface area contributed by atoms with E-state index < -0.39 is 17.6 Å². The van der Waals surface area contributed by atoms with Gasteiger partial charge in [0.25, 0.3) is 0 Å². The van der Waals surface area contributed by atoms with Crippen LogP contribution in [0.4, 0.5) is 18.9 Å². The topological polar surface area (TPSA) is 52.9 Å². The van der Waals surface area contributed by atoms with E-state index in [0.29, 0.717) is 6.07 Å². The molecule has 0 saturated heterocycles. The Kier molecular flexibility index (Phi) is 3.73. The van der Waals surface area contributed by atoms with Crippen molar-refractivity contribution in [3.8, 4) is 6.07 Å². The molecule has 0 aromatic heterocycles. The van der Waals surface area contributed by atoms with E-state index in [1.165, 1.54) is 13.0 Å². The number of amides is 1. The van der Waals surface area contributed by atoms with Crippen molar-refractivity contribution in [2.45, 2.75) is 19.5 Å². The molecule has 3 nitrogen and oxygen atoms in total. The van der Waals surface area contributed by atoms with Crippen LogP contribution < -0.4 is 5.32 Å². The van der Waals surface area contributed by atoms with Crippen LogP contribution in [0, 0.1) is 11.3 Å². The fourth-order valence-corrected chi connectivity index (χ4v) is 1.20. The molecular weight excluding hydrogens is 233 g/mol. The summed E-state index contributed by atoms with van der Waals surface area (Å²) in [4.78, 5) is 11.1. The molecule has 0 bridgehead atoms. The lowest BCUT2D eigenvalue weighted by atomic mass is 10.1. The third-order valence-corrected chi connectivity index (χ3v) is 2.05. The number of rotatable bonds is 2. The third-order valence-electron chi connectivity index (χ3n) is 2.05. The van der Waals surface area contributed by atoms with E-state index in [1.807, 2.05) is 0 Å². The number of nitriles is 1. The maximum Gasteiger partial charge on any atom is 0.418 e. The molecule has 0 saturated carbocycles. The Hall–Kier alpha value is -2.03. The van der Waals surface area contributed by atoms with Crippen molar-refractivity contribution in [3.63, 3.8) is 0 Å². The number of carbonyl (C=O) groups excluding carboxylic acids is 1. The lowest BCUT2D eigenvalue weighted by molar-refractivity contribution is -0.137. The molecule has 0 atom stereocenters. The fraction of sp³-hybridized carbons (Fsp3) is 0.273. The van der Waals surface area contributed by atoms with Crippen molar-refractivity contribution in [2.75, 3.05) is 5.32 Å². The van der Waals surface area contributed by atoms with Crippen LogP contribution in [0.5, 0.6) is 0 Å². The Bertz CT molecular complexity index is 475. The monoisotopic (exact) mass is 242 g/mol. The van der Waals surface area contributed by atoms with Gasteiger partial charge in [-0.3, -0.25) is 4.79 Å². The molecule has 0 aliphatic rings. The number of halogens is 3. The second-order valence-electron chi connectivity index (χ2n) is 3.27. The van der Waals surface area contributed by atoms with E-state index in [0.717, 1.165) is 6.07 Å². The summed E-state index contributed by atoms with van der Waals surface area (Å²) in [7, 11) is 0. The molecule has 0 radical (unpaired) electrons. The average molecular weight is 242 g/mol. The summed E-state index contributed by atoms with van der Waals surface area (Å²) in [6, 6.07) is 4.64. The number of carbonyl (C=O) groups is 1. The molecule has 1 aromatic rings. The van der Waals surface area contributed by atoms with Crippen LogP contribution in [0.15, 0.2) is 18.2 Å². The van der Waals surface area contributed by atoms with Gasteiger partial charge in [-0.05, 0) is 18.2 Å². The summed E-state index contributed by atoms with van der Waals surface area (Å²) in [5.74, 6) is -0.514. The Labute approximate surface area is 95.9 Å². The zero-order valence-corrected chi connectivity index (χ0v) is 8.93. The third kappa shape index (κ3) is 3.21. The standard InChI is InChI=1S/C11H9F3N2O/c1-2-10(17)16-9-4-3-7(6-15)5-8(9)11(12,13)14/h3-5H,2H2,1H3,(H,16,17). The van der Waals surface area contributed by atoms with Crippen LogP contribution in [-0.4, -0.2) is 5.91 Å². The smallest absolute Gasteiger partial charge is 0.326 e. The normalized spacial score (nSPS) is 10.8. The minimum atomic E-state index is -4.61. The van der Waals surface area contributed by atoms with E-state index in [-0.39, 0.29) is 17.7 Å². The van der Waals surface area contributed by atoms with Crippen molar-refractivity contribution >= 4 is 11.6 Å². The summed E-state index contributed by atoms with van der Waals surface area (Å²) in [6.07, 6.45) is -4.53. The van der Waals surface area contributed by atoms with Gasteiger partial charge in [-0.25, -0.2) is 0 Å². The molecule has 90 valence electrons. The molecule has 0 aliphatic heterocycles. The highest BCUT2D eigenvalue weighted by molar-refractivity contribution is 5.91. The van der Waals surface area contributed by atoms with Crippen LogP contribution in [0.2, 0.25) is 0 Å². The largest absolute Gasteiger partial charge is 0.418 e. The van der Waals surface area contributed by atoms with Gasteiger partial charge in [0.05, 0.1) is 22.9 Å². The summed E-state index contributed by atoms with van der Waals surface area (Å²) >= 11 is 0. The number of anilines is 1. The molecule has 1 N–H and O–H groups in total. The number of benzene rings is 1. The molecule has 1 amide bonds. The second kappa shape index (κ2) is 4.87. The van der Waals surface area contributed by atoms with Crippen LogP contribution in [0.3, 0.4) is 0 Å². The summed E-state index contributed by atoms with van der Waals surface area (Å²) < 4.78 is 38.0. The van der Waals surface area contributed by atoms with Gasteiger partial charge >= 0.3 is 6.18 Å². The Morgan fingerprint density at radius 3 is 2.59 bits per heavy atom. The van der Waals surface area contributed by atoms with Gasteiger partial charge in [0.2, 0.25) is 5.91 Å². The predicted molar refractivity (Wildman–Crippen MR) is 55.1 cm³/mol. The first-order valence-electron chi connectivity index (χ1n) is 4.79. The minimum Gasteiger partial charge on any atom is -0.326 e. The molecule has 1 rings (SSSR count). The molecule has 6 heteroatoms. The lowest BCUT2D eigenvalue weighted by Gasteiger charge is -2.13. The fourth-order valence-electron chi connectivity index (χ4n) is 1.20.